The largest absolute Gasteiger partial charge is 0.496 e. The van der Waals surface area contributed by atoms with Gasteiger partial charge in [0, 0.05) is 40.5 Å². The van der Waals surface area contributed by atoms with Crippen LogP contribution in [0.1, 0.15) is 31.9 Å². The Morgan fingerprint density at radius 2 is 1.45 bits per heavy atom. The highest BCUT2D eigenvalue weighted by Crippen LogP contribution is 2.43. The molecule has 0 radical (unpaired) electrons. The summed E-state index contributed by atoms with van der Waals surface area (Å²) in [5.41, 5.74) is 2.74. The molecular formula is C19H25NO2. The van der Waals surface area contributed by atoms with Gasteiger partial charge < -0.3 is 9.47 Å². The highest BCUT2D eigenvalue weighted by atomic mass is 16.5. The van der Waals surface area contributed by atoms with Crippen LogP contribution in [0.3, 0.4) is 0 Å². The minimum absolute atomic E-state index is 0.154. The molecule has 3 heteroatoms. The SMILES string of the molecule is COc1c2c(c(OC)c3ccccc13)CN(C(C)(C)C)CC2. The van der Waals surface area contributed by atoms with E-state index < -0.39 is 0 Å². The molecule has 0 N–H and O–H groups in total. The summed E-state index contributed by atoms with van der Waals surface area (Å²) in [4.78, 5) is 2.51. The lowest BCUT2D eigenvalue weighted by Gasteiger charge is -2.40. The first-order chi connectivity index (χ1) is 10.5. The summed E-state index contributed by atoms with van der Waals surface area (Å²) in [5.74, 6) is 2.01. The van der Waals surface area contributed by atoms with Crippen LogP contribution in [0, 0.1) is 0 Å². The number of hydrogen-bond donors (Lipinski definition) is 0. The minimum Gasteiger partial charge on any atom is -0.496 e. The molecule has 3 nitrogen and oxygen atoms in total. The number of hydrogen-bond acceptors (Lipinski definition) is 3. The molecule has 22 heavy (non-hydrogen) atoms. The number of nitrogens with zero attached hydrogens (tertiary/aromatic N) is 1. The number of methoxy groups -OCH3 is 2. The molecule has 2 aromatic rings. The molecule has 1 aliphatic rings. The van der Waals surface area contributed by atoms with Gasteiger partial charge in [-0.1, -0.05) is 24.3 Å². The Morgan fingerprint density at radius 1 is 0.909 bits per heavy atom. The molecule has 0 saturated carbocycles. The maximum atomic E-state index is 5.80. The first-order valence-corrected chi connectivity index (χ1v) is 7.87. The van der Waals surface area contributed by atoms with Crippen molar-refractivity contribution in [3.63, 3.8) is 0 Å². The smallest absolute Gasteiger partial charge is 0.131 e. The predicted molar refractivity (Wildman–Crippen MR) is 90.9 cm³/mol. The lowest BCUT2D eigenvalue weighted by atomic mass is 9.90. The van der Waals surface area contributed by atoms with Crippen molar-refractivity contribution in [2.24, 2.45) is 0 Å². The second kappa shape index (κ2) is 5.47. The maximum Gasteiger partial charge on any atom is 0.131 e. The fourth-order valence-electron chi connectivity index (χ4n) is 3.47. The molecule has 0 amide bonds. The summed E-state index contributed by atoms with van der Waals surface area (Å²) in [5, 5.41) is 2.28. The number of rotatable bonds is 2. The molecule has 0 unspecified atom stereocenters. The summed E-state index contributed by atoms with van der Waals surface area (Å²) in [7, 11) is 3.54. The van der Waals surface area contributed by atoms with E-state index in [1.165, 1.54) is 11.1 Å². The molecule has 3 rings (SSSR count). The second-order valence-electron chi connectivity index (χ2n) is 6.91. The van der Waals surface area contributed by atoms with Gasteiger partial charge in [-0.25, -0.2) is 0 Å². The van der Waals surface area contributed by atoms with E-state index in [4.69, 9.17) is 9.47 Å². The van der Waals surface area contributed by atoms with E-state index in [1.807, 2.05) is 0 Å². The summed E-state index contributed by atoms with van der Waals surface area (Å²) in [6, 6.07) is 8.35. The number of benzene rings is 2. The quantitative estimate of drug-likeness (QED) is 0.836. The monoisotopic (exact) mass is 299 g/mol. The van der Waals surface area contributed by atoms with Gasteiger partial charge in [-0.05, 0) is 27.2 Å². The van der Waals surface area contributed by atoms with Crippen molar-refractivity contribution in [3.05, 3.63) is 35.4 Å². The Balaban J connectivity index is 2.25. The highest BCUT2D eigenvalue weighted by Gasteiger charge is 2.30. The molecule has 0 saturated heterocycles. The molecule has 0 bridgehead atoms. The van der Waals surface area contributed by atoms with Crippen LogP contribution in [0.15, 0.2) is 24.3 Å². The molecule has 2 aromatic carbocycles. The Morgan fingerprint density at radius 3 is 1.95 bits per heavy atom. The van der Waals surface area contributed by atoms with E-state index in [0.29, 0.717) is 0 Å². The zero-order valence-electron chi connectivity index (χ0n) is 14.2. The topological polar surface area (TPSA) is 21.7 Å². The zero-order valence-corrected chi connectivity index (χ0v) is 14.2. The molecule has 0 fully saturated rings. The van der Waals surface area contributed by atoms with Crippen molar-refractivity contribution in [3.8, 4) is 11.5 Å². The van der Waals surface area contributed by atoms with Crippen molar-refractivity contribution in [1.82, 2.24) is 4.90 Å². The Labute approximate surface area is 132 Å². The summed E-state index contributed by atoms with van der Waals surface area (Å²) < 4.78 is 11.6. The first-order valence-electron chi connectivity index (χ1n) is 7.87. The third-order valence-electron chi connectivity index (χ3n) is 4.67. The van der Waals surface area contributed by atoms with Gasteiger partial charge >= 0.3 is 0 Å². The van der Waals surface area contributed by atoms with Crippen LogP contribution in [0.2, 0.25) is 0 Å². The van der Waals surface area contributed by atoms with Gasteiger partial charge in [0.1, 0.15) is 11.5 Å². The van der Waals surface area contributed by atoms with Crippen LogP contribution in [-0.2, 0) is 13.0 Å². The molecule has 118 valence electrons. The van der Waals surface area contributed by atoms with Crippen molar-refractivity contribution in [2.45, 2.75) is 39.3 Å². The molecule has 1 heterocycles. The van der Waals surface area contributed by atoms with Gasteiger partial charge in [0.15, 0.2) is 0 Å². The lowest BCUT2D eigenvalue weighted by molar-refractivity contribution is 0.118. The molecule has 0 aliphatic carbocycles. The lowest BCUT2D eigenvalue weighted by Crippen LogP contribution is -2.44. The molecule has 1 aliphatic heterocycles. The fourth-order valence-corrected chi connectivity index (χ4v) is 3.47. The van der Waals surface area contributed by atoms with Crippen LogP contribution in [-0.4, -0.2) is 31.2 Å². The Kier molecular flexibility index (Phi) is 3.77. The Hall–Kier alpha value is -1.74. The van der Waals surface area contributed by atoms with Gasteiger partial charge in [-0.3, -0.25) is 4.90 Å². The van der Waals surface area contributed by atoms with E-state index in [-0.39, 0.29) is 5.54 Å². The first kappa shape index (κ1) is 15.2. The van der Waals surface area contributed by atoms with Gasteiger partial charge in [-0.2, -0.15) is 0 Å². The third-order valence-corrected chi connectivity index (χ3v) is 4.67. The van der Waals surface area contributed by atoms with Crippen LogP contribution < -0.4 is 9.47 Å². The average molecular weight is 299 g/mol. The van der Waals surface area contributed by atoms with Crippen LogP contribution in [0.4, 0.5) is 0 Å². The van der Waals surface area contributed by atoms with Gasteiger partial charge in [0.2, 0.25) is 0 Å². The van der Waals surface area contributed by atoms with E-state index >= 15 is 0 Å². The summed E-state index contributed by atoms with van der Waals surface area (Å²) in [6.45, 7) is 8.76. The molecule has 0 atom stereocenters. The molecule has 0 aromatic heterocycles. The van der Waals surface area contributed by atoms with Crippen LogP contribution >= 0.6 is 0 Å². The summed E-state index contributed by atoms with van der Waals surface area (Å²) in [6.07, 6.45) is 0.997. The van der Waals surface area contributed by atoms with E-state index in [1.54, 1.807) is 14.2 Å². The van der Waals surface area contributed by atoms with Crippen molar-refractivity contribution >= 4 is 10.8 Å². The third kappa shape index (κ3) is 2.34. The maximum absolute atomic E-state index is 5.80. The highest BCUT2D eigenvalue weighted by molar-refractivity contribution is 5.96. The van der Waals surface area contributed by atoms with E-state index in [0.717, 1.165) is 41.8 Å². The van der Waals surface area contributed by atoms with Gasteiger partial charge in [-0.15, -0.1) is 0 Å². The molecule has 0 spiro atoms. The predicted octanol–water partition coefficient (Wildman–Crippen LogP) is 4.01. The normalized spacial score (nSPS) is 15.7. The second-order valence-corrected chi connectivity index (χ2v) is 6.91. The standard InChI is InChI=1S/C19H25NO2/c1-19(2,3)20-11-10-15-16(12-20)18(22-5)14-9-7-6-8-13(14)17(15)21-4/h6-9H,10-12H2,1-5H3. The number of fused-ring (bicyclic) bond motifs is 2. The Bertz CT molecular complexity index is 701. The zero-order chi connectivity index (χ0) is 15.9. The van der Waals surface area contributed by atoms with Crippen LogP contribution in [0.25, 0.3) is 10.8 Å². The minimum atomic E-state index is 0.154. The van der Waals surface area contributed by atoms with Crippen molar-refractivity contribution in [2.75, 3.05) is 20.8 Å². The van der Waals surface area contributed by atoms with Gasteiger partial charge in [0.25, 0.3) is 0 Å². The summed E-state index contributed by atoms with van der Waals surface area (Å²) >= 11 is 0. The average Bonchev–Trinajstić information content (AvgIpc) is 2.51. The number of ether oxygens (including phenoxy) is 2. The van der Waals surface area contributed by atoms with Crippen molar-refractivity contribution < 1.29 is 9.47 Å². The van der Waals surface area contributed by atoms with E-state index in [9.17, 15) is 0 Å². The van der Waals surface area contributed by atoms with Crippen LogP contribution in [0.5, 0.6) is 11.5 Å². The van der Waals surface area contributed by atoms with Crippen molar-refractivity contribution in [1.29, 1.82) is 0 Å². The fraction of sp³-hybridized carbons (Fsp3) is 0.474. The van der Waals surface area contributed by atoms with E-state index in [2.05, 4.69) is 49.9 Å². The van der Waals surface area contributed by atoms with Gasteiger partial charge in [0.05, 0.1) is 14.2 Å². The molecular weight excluding hydrogens is 274 g/mol.